The highest BCUT2D eigenvalue weighted by Gasteiger charge is 2.68. The van der Waals surface area contributed by atoms with E-state index in [1.54, 1.807) is 6.92 Å². The maximum atomic E-state index is 11.9. The van der Waals surface area contributed by atoms with Crippen LogP contribution in [0.2, 0.25) is 0 Å². The smallest absolute Gasteiger partial charge is 0.324 e. The van der Waals surface area contributed by atoms with E-state index in [9.17, 15) is 14.7 Å². The highest BCUT2D eigenvalue weighted by atomic mass is 16.5. The lowest BCUT2D eigenvalue weighted by atomic mass is 9.99. The van der Waals surface area contributed by atoms with Gasteiger partial charge in [0.05, 0.1) is 6.61 Å². The molecule has 2 rings (SSSR count). The highest BCUT2D eigenvalue weighted by Crippen LogP contribution is 2.60. The lowest BCUT2D eigenvalue weighted by Gasteiger charge is -2.14. The zero-order valence-electron chi connectivity index (χ0n) is 11.9. The molecule has 0 heterocycles. The molecule has 1 fully saturated rings. The average molecular weight is 277 g/mol. The number of benzene rings is 1. The van der Waals surface area contributed by atoms with E-state index >= 15 is 0 Å². The third-order valence-electron chi connectivity index (χ3n) is 3.79. The van der Waals surface area contributed by atoms with Crippen LogP contribution < -0.4 is 4.90 Å². The van der Waals surface area contributed by atoms with Crippen LogP contribution in [0.3, 0.4) is 0 Å². The van der Waals surface area contributed by atoms with Crippen LogP contribution in [0, 0.1) is 5.41 Å². The quantitative estimate of drug-likeness (QED) is 0.657. The first-order valence-corrected chi connectivity index (χ1v) is 6.61. The van der Waals surface area contributed by atoms with Crippen molar-refractivity contribution in [1.29, 1.82) is 0 Å². The van der Waals surface area contributed by atoms with Crippen molar-refractivity contribution >= 4 is 17.6 Å². The van der Waals surface area contributed by atoms with Gasteiger partial charge in [-0.25, -0.2) is 0 Å². The topological polar surface area (TPSA) is 66.8 Å². The standard InChI is InChI=1S/C15H19NO4/c1-4-20-14(19)15(13(17)18)9-12(15)10-5-7-11(8-6-10)16(2)3/h5-8,12H,4,9H2,1-3H3,(H,17,18). The lowest BCUT2D eigenvalue weighted by Crippen LogP contribution is -2.29. The van der Waals surface area contributed by atoms with Crippen molar-refractivity contribution in [3.05, 3.63) is 29.8 Å². The van der Waals surface area contributed by atoms with Crippen LogP contribution >= 0.6 is 0 Å². The zero-order chi connectivity index (χ0) is 14.9. The summed E-state index contributed by atoms with van der Waals surface area (Å²) >= 11 is 0. The molecule has 1 aromatic rings. The summed E-state index contributed by atoms with van der Waals surface area (Å²) in [5.41, 5.74) is 0.507. The summed E-state index contributed by atoms with van der Waals surface area (Å²) in [6, 6.07) is 7.60. The minimum atomic E-state index is -1.39. The van der Waals surface area contributed by atoms with E-state index in [4.69, 9.17) is 4.74 Å². The monoisotopic (exact) mass is 277 g/mol. The number of anilines is 1. The van der Waals surface area contributed by atoms with Crippen LogP contribution in [-0.2, 0) is 14.3 Å². The summed E-state index contributed by atoms with van der Waals surface area (Å²) in [5.74, 6) is -2.03. The number of esters is 1. The minimum absolute atomic E-state index is 0.195. The molecule has 5 nitrogen and oxygen atoms in total. The van der Waals surface area contributed by atoms with E-state index in [1.165, 1.54) is 0 Å². The third kappa shape index (κ3) is 2.24. The normalized spacial score (nSPS) is 24.1. The first-order chi connectivity index (χ1) is 9.43. The second kappa shape index (κ2) is 5.15. The van der Waals surface area contributed by atoms with Crippen LogP contribution in [0.4, 0.5) is 5.69 Å². The molecule has 20 heavy (non-hydrogen) atoms. The van der Waals surface area contributed by atoms with Gasteiger partial charge in [0, 0.05) is 25.7 Å². The maximum absolute atomic E-state index is 11.9. The van der Waals surface area contributed by atoms with Gasteiger partial charge in [-0.1, -0.05) is 12.1 Å². The van der Waals surface area contributed by atoms with Crippen molar-refractivity contribution < 1.29 is 19.4 Å². The Kier molecular flexibility index (Phi) is 3.70. The molecule has 1 saturated carbocycles. The van der Waals surface area contributed by atoms with Gasteiger partial charge in [0.2, 0.25) is 0 Å². The number of hydrogen-bond acceptors (Lipinski definition) is 4. The van der Waals surface area contributed by atoms with E-state index in [-0.39, 0.29) is 12.5 Å². The number of carbonyl (C=O) groups is 2. The first kappa shape index (κ1) is 14.4. The Labute approximate surface area is 118 Å². The lowest BCUT2D eigenvalue weighted by molar-refractivity contribution is -0.161. The highest BCUT2D eigenvalue weighted by molar-refractivity contribution is 6.04. The van der Waals surface area contributed by atoms with Gasteiger partial charge in [-0.05, 0) is 31.0 Å². The van der Waals surface area contributed by atoms with Gasteiger partial charge < -0.3 is 14.7 Å². The summed E-state index contributed by atoms with van der Waals surface area (Å²) in [6.45, 7) is 1.87. The Balaban J connectivity index is 2.22. The minimum Gasteiger partial charge on any atom is -0.480 e. The van der Waals surface area contributed by atoms with Crippen molar-refractivity contribution in [3.8, 4) is 0 Å². The van der Waals surface area contributed by atoms with Gasteiger partial charge in [0.25, 0.3) is 0 Å². The maximum Gasteiger partial charge on any atom is 0.324 e. The van der Waals surface area contributed by atoms with Gasteiger partial charge in [0.15, 0.2) is 5.41 Å². The fourth-order valence-corrected chi connectivity index (χ4v) is 2.48. The number of carboxylic acids is 1. The number of hydrogen-bond donors (Lipinski definition) is 1. The Morgan fingerprint density at radius 2 is 1.95 bits per heavy atom. The van der Waals surface area contributed by atoms with Crippen LogP contribution in [0.25, 0.3) is 0 Å². The molecule has 2 unspecified atom stereocenters. The van der Waals surface area contributed by atoms with Crippen molar-refractivity contribution in [2.24, 2.45) is 5.41 Å². The summed E-state index contributed by atoms with van der Waals surface area (Å²) in [7, 11) is 3.87. The summed E-state index contributed by atoms with van der Waals surface area (Å²) in [4.78, 5) is 25.3. The Morgan fingerprint density at radius 3 is 2.40 bits per heavy atom. The van der Waals surface area contributed by atoms with Crippen LogP contribution in [0.15, 0.2) is 24.3 Å². The molecule has 0 aliphatic heterocycles. The van der Waals surface area contributed by atoms with Gasteiger partial charge in [-0.3, -0.25) is 9.59 Å². The predicted octanol–water partition coefficient (Wildman–Crippen LogP) is 1.87. The van der Waals surface area contributed by atoms with Crippen molar-refractivity contribution in [2.45, 2.75) is 19.3 Å². The molecular formula is C15H19NO4. The molecular weight excluding hydrogens is 258 g/mol. The van der Waals surface area contributed by atoms with Crippen molar-refractivity contribution in [1.82, 2.24) is 0 Å². The van der Waals surface area contributed by atoms with E-state index < -0.39 is 17.4 Å². The Hall–Kier alpha value is -2.04. The molecule has 0 spiro atoms. The zero-order valence-corrected chi connectivity index (χ0v) is 11.9. The summed E-state index contributed by atoms with van der Waals surface area (Å²) in [5, 5.41) is 9.37. The second-order valence-electron chi connectivity index (χ2n) is 5.24. The molecule has 1 aromatic carbocycles. The second-order valence-corrected chi connectivity index (χ2v) is 5.24. The average Bonchev–Trinajstić information content (AvgIpc) is 3.16. The predicted molar refractivity (Wildman–Crippen MR) is 74.8 cm³/mol. The number of ether oxygens (including phenoxy) is 1. The van der Waals surface area contributed by atoms with Gasteiger partial charge in [-0.2, -0.15) is 0 Å². The van der Waals surface area contributed by atoms with Crippen LogP contribution in [0.1, 0.15) is 24.8 Å². The number of aliphatic carboxylic acids is 1. The van der Waals surface area contributed by atoms with Gasteiger partial charge in [0.1, 0.15) is 0 Å². The number of carbonyl (C=O) groups excluding carboxylic acids is 1. The van der Waals surface area contributed by atoms with E-state index in [1.807, 2.05) is 43.3 Å². The van der Waals surface area contributed by atoms with E-state index in [2.05, 4.69) is 0 Å². The number of nitrogens with zero attached hydrogens (tertiary/aromatic N) is 1. The fourth-order valence-electron chi connectivity index (χ4n) is 2.48. The first-order valence-electron chi connectivity index (χ1n) is 6.61. The van der Waals surface area contributed by atoms with Gasteiger partial charge in [-0.15, -0.1) is 0 Å². The molecule has 1 aliphatic carbocycles. The molecule has 1 N–H and O–H groups in total. The molecule has 0 bridgehead atoms. The number of carboxylic acid groups (broad SMARTS) is 1. The van der Waals surface area contributed by atoms with E-state index in [0.29, 0.717) is 6.42 Å². The molecule has 0 amide bonds. The third-order valence-corrected chi connectivity index (χ3v) is 3.79. The molecule has 0 radical (unpaired) electrons. The fraction of sp³-hybridized carbons (Fsp3) is 0.467. The van der Waals surface area contributed by atoms with Gasteiger partial charge >= 0.3 is 11.9 Å². The molecule has 0 saturated heterocycles. The molecule has 5 heteroatoms. The molecule has 2 atom stereocenters. The SMILES string of the molecule is CCOC(=O)C1(C(=O)O)CC1c1ccc(N(C)C)cc1. The largest absolute Gasteiger partial charge is 0.480 e. The van der Waals surface area contributed by atoms with E-state index in [0.717, 1.165) is 11.3 Å². The molecule has 108 valence electrons. The Bertz CT molecular complexity index is 523. The van der Waals surface area contributed by atoms with Crippen molar-refractivity contribution in [2.75, 3.05) is 25.6 Å². The van der Waals surface area contributed by atoms with Crippen LogP contribution in [0.5, 0.6) is 0 Å². The molecule has 0 aromatic heterocycles. The van der Waals surface area contributed by atoms with Crippen LogP contribution in [-0.4, -0.2) is 37.7 Å². The summed E-state index contributed by atoms with van der Waals surface area (Å²) < 4.78 is 4.92. The summed E-state index contributed by atoms with van der Waals surface area (Å²) in [6.07, 6.45) is 0.308. The number of rotatable bonds is 5. The Morgan fingerprint density at radius 1 is 1.35 bits per heavy atom. The van der Waals surface area contributed by atoms with Crippen molar-refractivity contribution in [3.63, 3.8) is 0 Å². The molecule has 1 aliphatic rings.